The number of pyridine rings is 1. The number of nitrogens with zero attached hydrogens (tertiary/aromatic N) is 1. The van der Waals surface area contributed by atoms with Crippen molar-refractivity contribution in [2.45, 2.75) is 31.5 Å². The van der Waals surface area contributed by atoms with E-state index in [0.717, 1.165) is 19.3 Å². The Labute approximate surface area is 103 Å². The summed E-state index contributed by atoms with van der Waals surface area (Å²) in [5.74, 6) is -0.186. The van der Waals surface area contributed by atoms with Crippen molar-refractivity contribution in [2.75, 3.05) is 13.1 Å². The van der Waals surface area contributed by atoms with E-state index in [1.54, 1.807) is 0 Å². The molecule has 0 atom stereocenters. The number of aromatic nitrogens is 1. The zero-order valence-corrected chi connectivity index (χ0v) is 10.0. The van der Waals surface area contributed by atoms with Crippen molar-refractivity contribution in [1.82, 2.24) is 10.3 Å². The largest absolute Gasteiger partial charge is 0.485 e. The standard InChI is InChI=1S/C12H15F3N2O/c1-11(4-7-16-8-5-11)18-9-3-2-6-17-10(9)12(13,14)15/h2-3,6,16H,4-5,7-8H2,1H3. The maximum absolute atomic E-state index is 12.8. The molecule has 2 rings (SSSR count). The monoisotopic (exact) mass is 260 g/mol. The van der Waals surface area contributed by atoms with E-state index in [-0.39, 0.29) is 5.75 Å². The highest BCUT2D eigenvalue weighted by atomic mass is 19.4. The van der Waals surface area contributed by atoms with Gasteiger partial charge in [0.15, 0.2) is 11.4 Å². The summed E-state index contributed by atoms with van der Waals surface area (Å²) in [5.41, 5.74) is -1.52. The van der Waals surface area contributed by atoms with Crippen LogP contribution in [-0.4, -0.2) is 23.7 Å². The second kappa shape index (κ2) is 4.76. The maximum Gasteiger partial charge on any atom is 0.437 e. The van der Waals surface area contributed by atoms with E-state index in [2.05, 4.69) is 10.3 Å². The summed E-state index contributed by atoms with van der Waals surface area (Å²) in [5, 5.41) is 3.15. The summed E-state index contributed by atoms with van der Waals surface area (Å²) in [6, 6.07) is 2.78. The average Bonchev–Trinajstić information content (AvgIpc) is 2.28. The predicted molar refractivity (Wildman–Crippen MR) is 60.4 cm³/mol. The molecule has 18 heavy (non-hydrogen) atoms. The van der Waals surface area contributed by atoms with E-state index < -0.39 is 17.5 Å². The molecule has 0 unspecified atom stereocenters. The van der Waals surface area contributed by atoms with Crippen molar-refractivity contribution >= 4 is 0 Å². The lowest BCUT2D eigenvalue weighted by molar-refractivity contribution is -0.143. The van der Waals surface area contributed by atoms with Crippen LogP contribution in [0.25, 0.3) is 0 Å². The van der Waals surface area contributed by atoms with Gasteiger partial charge in [0.1, 0.15) is 5.60 Å². The lowest BCUT2D eigenvalue weighted by Crippen LogP contribution is -2.44. The van der Waals surface area contributed by atoms with Gasteiger partial charge in [-0.05, 0) is 45.0 Å². The molecule has 2 heterocycles. The van der Waals surface area contributed by atoms with Crippen molar-refractivity contribution in [3.05, 3.63) is 24.0 Å². The Kier molecular flexibility index (Phi) is 3.47. The molecule has 0 saturated carbocycles. The third kappa shape index (κ3) is 2.93. The van der Waals surface area contributed by atoms with Gasteiger partial charge in [-0.25, -0.2) is 4.98 Å². The minimum absolute atomic E-state index is 0.186. The van der Waals surface area contributed by atoms with Gasteiger partial charge in [-0.15, -0.1) is 0 Å². The van der Waals surface area contributed by atoms with Gasteiger partial charge < -0.3 is 10.1 Å². The number of alkyl halides is 3. The van der Waals surface area contributed by atoms with E-state index >= 15 is 0 Å². The SMILES string of the molecule is CC1(Oc2cccnc2C(F)(F)F)CCNCC1. The minimum atomic E-state index is -4.49. The van der Waals surface area contributed by atoms with Crippen LogP contribution < -0.4 is 10.1 Å². The highest BCUT2D eigenvalue weighted by Gasteiger charge is 2.38. The van der Waals surface area contributed by atoms with E-state index in [1.165, 1.54) is 12.1 Å². The van der Waals surface area contributed by atoms with E-state index in [9.17, 15) is 13.2 Å². The maximum atomic E-state index is 12.8. The van der Waals surface area contributed by atoms with Crippen LogP contribution in [0.5, 0.6) is 5.75 Å². The minimum Gasteiger partial charge on any atom is -0.485 e. The molecule has 1 aliphatic heterocycles. The number of hydrogen-bond donors (Lipinski definition) is 1. The summed E-state index contributed by atoms with van der Waals surface area (Å²) >= 11 is 0. The first kappa shape index (κ1) is 13.1. The molecule has 1 aliphatic rings. The summed E-state index contributed by atoms with van der Waals surface area (Å²) in [6.45, 7) is 3.33. The third-order valence-corrected chi connectivity index (χ3v) is 3.06. The van der Waals surface area contributed by atoms with Gasteiger partial charge >= 0.3 is 6.18 Å². The number of nitrogens with one attached hydrogen (secondary N) is 1. The van der Waals surface area contributed by atoms with Crippen LogP contribution in [0.3, 0.4) is 0 Å². The fourth-order valence-electron chi connectivity index (χ4n) is 2.01. The molecule has 0 amide bonds. The summed E-state index contributed by atoms with van der Waals surface area (Å²) in [6.07, 6.45) is -2.00. The molecule has 0 spiro atoms. The molecule has 3 nitrogen and oxygen atoms in total. The molecule has 0 aliphatic carbocycles. The van der Waals surface area contributed by atoms with Gasteiger partial charge in [-0.2, -0.15) is 13.2 Å². The van der Waals surface area contributed by atoms with Gasteiger partial charge in [-0.1, -0.05) is 0 Å². The molecule has 0 bridgehead atoms. The molecule has 1 saturated heterocycles. The molecule has 1 aromatic rings. The van der Waals surface area contributed by atoms with Crippen LogP contribution in [0.2, 0.25) is 0 Å². The molecule has 0 radical (unpaired) electrons. The lowest BCUT2D eigenvalue weighted by Gasteiger charge is -2.35. The Hall–Kier alpha value is -1.30. The Morgan fingerprint density at radius 1 is 1.33 bits per heavy atom. The molecular weight excluding hydrogens is 245 g/mol. The second-order valence-corrected chi connectivity index (χ2v) is 4.65. The molecule has 100 valence electrons. The first-order valence-electron chi connectivity index (χ1n) is 5.83. The van der Waals surface area contributed by atoms with Crippen LogP contribution in [0, 0.1) is 0 Å². The van der Waals surface area contributed by atoms with Crippen molar-refractivity contribution in [1.29, 1.82) is 0 Å². The summed E-state index contributed by atoms with van der Waals surface area (Å²) in [4.78, 5) is 3.38. The van der Waals surface area contributed by atoms with Crippen LogP contribution in [0.1, 0.15) is 25.5 Å². The van der Waals surface area contributed by atoms with Gasteiger partial charge in [-0.3, -0.25) is 0 Å². The van der Waals surface area contributed by atoms with Crippen molar-refractivity contribution < 1.29 is 17.9 Å². The smallest absolute Gasteiger partial charge is 0.437 e. The molecule has 6 heteroatoms. The zero-order chi connectivity index (χ0) is 13.2. The molecular formula is C12H15F3N2O. The summed E-state index contributed by atoms with van der Waals surface area (Å²) in [7, 11) is 0. The molecule has 1 aromatic heterocycles. The van der Waals surface area contributed by atoms with Crippen molar-refractivity contribution in [3.8, 4) is 5.75 Å². The number of halogens is 3. The van der Waals surface area contributed by atoms with Gasteiger partial charge in [0, 0.05) is 6.20 Å². The molecule has 1 fully saturated rings. The van der Waals surface area contributed by atoms with Gasteiger partial charge in [0.25, 0.3) is 0 Å². The Bertz CT molecular complexity index is 414. The quantitative estimate of drug-likeness (QED) is 0.887. The van der Waals surface area contributed by atoms with Crippen LogP contribution in [0.15, 0.2) is 18.3 Å². The van der Waals surface area contributed by atoms with Crippen molar-refractivity contribution in [3.63, 3.8) is 0 Å². The van der Waals surface area contributed by atoms with Crippen LogP contribution in [0.4, 0.5) is 13.2 Å². The van der Waals surface area contributed by atoms with Crippen molar-refractivity contribution in [2.24, 2.45) is 0 Å². The number of rotatable bonds is 2. The first-order chi connectivity index (χ1) is 8.41. The number of piperidine rings is 1. The summed E-state index contributed by atoms with van der Waals surface area (Å²) < 4.78 is 43.9. The fourth-order valence-corrected chi connectivity index (χ4v) is 2.01. The molecule has 1 N–H and O–H groups in total. The van der Waals surface area contributed by atoms with E-state index in [0.29, 0.717) is 12.8 Å². The van der Waals surface area contributed by atoms with E-state index in [4.69, 9.17) is 4.74 Å². The highest BCUT2D eigenvalue weighted by molar-refractivity contribution is 5.30. The number of hydrogen-bond acceptors (Lipinski definition) is 3. The molecule has 0 aromatic carbocycles. The normalized spacial score (nSPS) is 19.6. The Morgan fingerprint density at radius 2 is 2.00 bits per heavy atom. The average molecular weight is 260 g/mol. The van der Waals surface area contributed by atoms with Gasteiger partial charge in [0.05, 0.1) is 0 Å². The van der Waals surface area contributed by atoms with Crippen LogP contribution >= 0.6 is 0 Å². The van der Waals surface area contributed by atoms with E-state index in [1.807, 2.05) is 6.92 Å². The third-order valence-electron chi connectivity index (χ3n) is 3.06. The topological polar surface area (TPSA) is 34.1 Å². The lowest BCUT2D eigenvalue weighted by atomic mass is 9.94. The Morgan fingerprint density at radius 3 is 2.61 bits per heavy atom. The Balaban J connectivity index is 2.23. The predicted octanol–water partition coefficient (Wildman–Crippen LogP) is 2.62. The number of ether oxygens (including phenoxy) is 1. The van der Waals surface area contributed by atoms with Crippen LogP contribution in [-0.2, 0) is 6.18 Å². The van der Waals surface area contributed by atoms with Gasteiger partial charge in [0.2, 0.25) is 0 Å². The second-order valence-electron chi connectivity index (χ2n) is 4.65. The highest BCUT2D eigenvalue weighted by Crippen LogP contribution is 2.36. The fraction of sp³-hybridized carbons (Fsp3) is 0.583. The first-order valence-corrected chi connectivity index (χ1v) is 5.83. The zero-order valence-electron chi connectivity index (χ0n) is 10.0.